The number of carbonyl (C=O) groups is 1. The number of nitrogens with zero attached hydrogens (tertiary/aromatic N) is 4. The van der Waals surface area contributed by atoms with Crippen LogP contribution >= 0.6 is 0 Å². The summed E-state index contributed by atoms with van der Waals surface area (Å²) in [6.45, 7) is 7.03. The fraction of sp³-hybridized carbons (Fsp3) is 0.292. The van der Waals surface area contributed by atoms with Crippen molar-refractivity contribution in [2.24, 2.45) is 0 Å². The molecule has 3 aromatic heterocycles. The largest absolute Gasteiger partial charge is 0.359 e. The second kappa shape index (κ2) is 7.06. The summed E-state index contributed by atoms with van der Waals surface area (Å²) >= 11 is 0. The molecule has 0 atom stereocenters. The Balaban J connectivity index is 1.76. The van der Waals surface area contributed by atoms with E-state index >= 15 is 0 Å². The number of amides is 1. The minimum Gasteiger partial charge on any atom is -0.359 e. The molecule has 0 bridgehead atoms. The molecule has 1 amide bonds. The lowest BCUT2D eigenvalue weighted by atomic mass is 10.1. The van der Waals surface area contributed by atoms with Crippen LogP contribution < -0.4 is 5.56 Å². The van der Waals surface area contributed by atoms with E-state index in [1.165, 1.54) is 0 Å². The van der Waals surface area contributed by atoms with Gasteiger partial charge in [0.15, 0.2) is 0 Å². The third kappa shape index (κ3) is 3.21. The number of aryl methyl sites for hydroxylation is 1. The minimum atomic E-state index is -0.421. The number of benzene rings is 1. The van der Waals surface area contributed by atoms with Gasteiger partial charge in [-0.15, -0.1) is 0 Å². The summed E-state index contributed by atoms with van der Waals surface area (Å²) in [5, 5.41) is 0.431. The quantitative estimate of drug-likeness (QED) is 0.514. The van der Waals surface area contributed by atoms with Gasteiger partial charge < -0.3 is 14.2 Å². The van der Waals surface area contributed by atoms with E-state index in [-0.39, 0.29) is 18.2 Å². The molecule has 0 N–H and O–H groups in total. The Morgan fingerprint density at radius 3 is 2.65 bits per heavy atom. The third-order valence-corrected chi connectivity index (χ3v) is 5.87. The van der Waals surface area contributed by atoms with Crippen molar-refractivity contribution in [2.75, 3.05) is 13.3 Å². The van der Waals surface area contributed by atoms with Crippen LogP contribution in [0.25, 0.3) is 16.7 Å². The SMILES string of the molecule is Cc1ccc2nc3c(cc(C(=O)N4COCC4(C)C)n3Cc3ccccc3)c(=O)n2c1. The van der Waals surface area contributed by atoms with Gasteiger partial charge in [0, 0.05) is 12.7 Å². The highest BCUT2D eigenvalue weighted by Crippen LogP contribution is 2.27. The summed E-state index contributed by atoms with van der Waals surface area (Å²) in [4.78, 5) is 33.4. The maximum absolute atomic E-state index is 13.6. The Morgan fingerprint density at radius 2 is 1.94 bits per heavy atom. The summed E-state index contributed by atoms with van der Waals surface area (Å²) in [6.07, 6.45) is 1.78. The van der Waals surface area contributed by atoms with Gasteiger partial charge in [-0.3, -0.25) is 14.0 Å². The molecule has 1 saturated heterocycles. The Hall–Kier alpha value is -3.45. The van der Waals surface area contributed by atoms with E-state index in [1.807, 2.05) is 67.8 Å². The van der Waals surface area contributed by atoms with E-state index in [4.69, 9.17) is 9.72 Å². The predicted molar refractivity (Wildman–Crippen MR) is 118 cm³/mol. The second-order valence-corrected chi connectivity index (χ2v) is 8.71. The van der Waals surface area contributed by atoms with Crippen LogP contribution in [-0.2, 0) is 11.3 Å². The summed E-state index contributed by atoms with van der Waals surface area (Å²) in [5.74, 6) is -0.166. The van der Waals surface area contributed by atoms with Crippen LogP contribution in [0.5, 0.6) is 0 Å². The predicted octanol–water partition coefficient (Wildman–Crippen LogP) is 3.21. The lowest BCUT2D eigenvalue weighted by Crippen LogP contribution is -2.44. The van der Waals surface area contributed by atoms with Crippen molar-refractivity contribution in [3.8, 4) is 0 Å². The van der Waals surface area contributed by atoms with Gasteiger partial charge in [0.2, 0.25) is 0 Å². The van der Waals surface area contributed by atoms with Gasteiger partial charge in [0.1, 0.15) is 23.7 Å². The maximum atomic E-state index is 13.6. The highest BCUT2D eigenvalue weighted by Gasteiger charge is 2.38. The van der Waals surface area contributed by atoms with Crippen LogP contribution in [0.4, 0.5) is 0 Å². The van der Waals surface area contributed by atoms with E-state index in [0.29, 0.717) is 35.5 Å². The number of carbonyl (C=O) groups excluding carboxylic acids is 1. The standard InChI is InChI=1S/C24H24N4O3/c1-16-9-10-20-25-21-18(22(29)27(20)12-16)11-19(23(30)28-15-31-14-24(28,2)3)26(21)13-17-7-5-4-6-8-17/h4-12H,13-15H2,1-3H3. The first-order chi connectivity index (χ1) is 14.8. The molecular weight excluding hydrogens is 392 g/mol. The molecule has 1 aromatic carbocycles. The highest BCUT2D eigenvalue weighted by atomic mass is 16.5. The molecule has 0 radical (unpaired) electrons. The van der Waals surface area contributed by atoms with E-state index in [1.54, 1.807) is 21.6 Å². The zero-order chi connectivity index (χ0) is 21.8. The highest BCUT2D eigenvalue weighted by molar-refractivity contribution is 5.98. The zero-order valence-electron chi connectivity index (χ0n) is 17.8. The summed E-state index contributed by atoms with van der Waals surface area (Å²) in [6, 6.07) is 15.3. The number of fused-ring (bicyclic) bond motifs is 2. The van der Waals surface area contributed by atoms with E-state index in [2.05, 4.69) is 0 Å². The van der Waals surface area contributed by atoms with Crippen molar-refractivity contribution in [2.45, 2.75) is 32.9 Å². The monoisotopic (exact) mass is 416 g/mol. The van der Waals surface area contributed by atoms with Gasteiger partial charge in [-0.1, -0.05) is 36.4 Å². The van der Waals surface area contributed by atoms with Crippen LogP contribution in [0.3, 0.4) is 0 Å². The first-order valence-electron chi connectivity index (χ1n) is 10.3. The van der Waals surface area contributed by atoms with Crippen LogP contribution in [0.2, 0.25) is 0 Å². The van der Waals surface area contributed by atoms with E-state index in [0.717, 1.165) is 11.1 Å². The van der Waals surface area contributed by atoms with Crippen molar-refractivity contribution in [1.82, 2.24) is 18.9 Å². The van der Waals surface area contributed by atoms with Gasteiger partial charge in [-0.05, 0) is 44.0 Å². The maximum Gasteiger partial charge on any atom is 0.272 e. The molecule has 1 fully saturated rings. The lowest BCUT2D eigenvalue weighted by Gasteiger charge is -2.29. The Morgan fingerprint density at radius 1 is 1.16 bits per heavy atom. The van der Waals surface area contributed by atoms with Gasteiger partial charge >= 0.3 is 0 Å². The molecule has 0 saturated carbocycles. The van der Waals surface area contributed by atoms with Crippen LogP contribution in [-0.4, -0.2) is 43.6 Å². The smallest absolute Gasteiger partial charge is 0.272 e. The molecule has 0 spiro atoms. The molecule has 0 aliphatic carbocycles. The van der Waals surface area contributed by atoms with Crippen molar-refractivity contribution in [3.63, 3.8) is 0 Å². The molecular formula is C24H24N4O3. The van der Waals surface area contributed by atoms with Gasteiger partial charge in [-0.25, -0.2) is 4.98 Å². The topological polar surface area (TPSA) is 68.8 Å². The van der Waals surface area contributed by atoms with Crippen LogP contribution in [0, 0.1) is 6.92 Å². The van der Waals surface area contributed by atoms with E-state index < -0.39 is 5.54 Å². The van der Waals surface area contributed by atoms with Crippen molar-refractivity contribution >= 4 is 22.6 Å². The molecule has 1 aliphatic heterocycles. The molecule has 158 valence electrons. The molecule has 7 nitrogen and oxygen atoms in total. The van der Waals surface area contributed by atoms with Crippen LogP contribution in [0.1, 0.15) is 35.5 Å². The molecule has 7 heteroatoms. The van der Waals surface area contributed by atoms with Crippen LogP contribution in [0.15, 0.2) is 59.5 Å². The minimum absolute atomic E-state index is 0.166. The fourth-order valence-electron chi connectivity index (χ4n) is 4.12. The number of ether oxygens (including phenoxy) is 1. The molecule has 4 aromatic rings. The molecule has 31 heavy (non-hydrogen) atoms. The number of hydrogen-bond donors (Lipinski definition) is 0. The fourth-order valence-corrected chi connectivity index (χ4v) is 4.12. The molecule has 5 rings (SSSR count). The first-order valence-corrected chi connectivity index (χ1v) is 10.3. The zero-order valence-corrected chi connectivity index (χ0v) is 17.8. The number of aromatic nitrogens is 3. The summed E-state index contributed by atoms with van der Waals surface area (Å²) in [5.41, 5.74) is 2.90. The second-order valence-electron chi connectivity index (χ2n) is 8.71. The number of hydrogen-bond acceptors (Lipinski definition) is 4. The summed E-state index contributed by atoms with van der Waals surface area (Å²) in [7, 11) is 0. The van der Waals surface area contributed by atoms with Crippen molar-refractivity contribution < 1.29 is 9.53 Å². The third-order valence-electron chi connectivity index (χ3n) is 5.87. The number of rotatable bonds is 3. The van der Waals surface area contributed by atoms with E-state index in [9.17, 15) is 9.59 Å². The number of pyridine rings is 1. The molecule has 1 aliphatic rings. The Labute approximate surface area is 179 Å². The van der Waals surface area contributed by atoms with Gasteiger partial charge in [-0.2, -0.15) is 0 Å². The molecule has 0 unspecified atom stereocenters. The molecule has 4 heterocycles. The average molecular weight is 416 g/mol. The Bertz CT molecular complexity index is 1370. The Kier molecular flexibility index (Phi) is 4.44. The normalized spacial score (nSPS) is 15.8. The summed E-state index contributed by atoms with van der Waals surface area (Å²) < 4.78 is 8.95. The van der Waals surface area contributed by atoms with Crippen molar-refractivity contribution in [1.29, 1.82) is 0 Å². The van der Waals surface area contributed by atoms with Crippen molar-refractivity contribution in [3.05, 3.63) is 81.9 Å². The first kappa shape index (κ1) is 19.5. The van der Waals surface area contributed by atoms with Gasteiger partial charge in [0.25, 0.3) is 11.5 Å². The van der Waals surface area contributed by atoms with Gasteiger partial charge in [0.05, 0.1) is 17.5 Å². The lowest BCUT2D eigenvalue weighted by molar-refractivity contribution is 0.0595. The average Bonchev–Trinajstić information content (AvgIpc) is 3.29.